The molecule has 5 aliphatic heterocycles. The molecular formula is C44H51FN10O4. The van der Waals surface area contributed by atoms with Crippen molar-refractivity contribution in [3.8, 4) is 22.8 Å². The van der Waals surface area contributed by atoms with Crippen molar-refractivity contribution in [1.82, 2.24) is 30.4 Å². The number of fused-ring (bicyclic) bond motifs is 3. The maximum absolute atomic E-state index is 14.1. The van der Waals surface area contributed by atoms with E-state index < -0.39 is 11.6 Å². The van der Waals surface area contributed by atoms with Crippen molar-refractivity contribution in [2.45, 2.75) is 100 Å². The number of ether oxygens (including phenoxy) is 1. The van der Waals surface area contributed by atoms with Gasteiger partial charge in [-0.05, 0) is 113 Å². The van der Waals surface area contributed by atoms with Crippen molar-refractivity contribution >= 4 is 35.0 Å². The van der Waals surface area contributed by atoms with Crippen LogP contribution in [0.5, 0.6) is 11.5 Å². The number of nitrogen functional groups attached to an aromatic ring is 1. The fraction of sp³-hybridized carbons (Fsp3) is 0.500. The fourth-order valence-electron chi connectivity index (χ4n) is 10.9. The number of rotatable bonds is 7. The lowest BCUT2D eigenvalue weighted by Gasteiger charge is -2.43. The highest BCUT2D eigenvalue weighted by atomic mass is 19.1. The van der Waals surface area contributed by atoms with Crippen molar-refractivity contribution in [2.75, 3.05) is 59.8 Å². The van der Waals surface area contributed by atoms with Gasteiger partial charge in [0.15, 0.2) is 17.4 Å². The molecule has 7 heterocycles. The quantitative estimate of drug-likeness (QED) is 0.211. The number of piperazine rings is 1. The molecule has 2 aromatic heterocycles. The lowest BCUT2D eigenvalue weighted by molar-refractivity contribution is -0.134. The SMILES string of the molecule is Nc1nnc(-c2cccc(F)c2O)cc1N1C[C@H]2CC[C@@H](C1)N2c1nccc(C2CCN(C3CCC(c4cccc5c4OCCN5[C@@H]4CCC(=O)NC4=O)CC3)CC2)n1. The largest absolute Gasteiger partial charge is 0.504 e. The van der Waals surface area contributed by atoms with Crippen molar-refractivity contribution < 1.29 is 23.8 Å². The maximum atomic E-state index is 14.1. The third kappa shape index (κ3) is 7.06. The summed E-state index contributed by atoms with van der Waals surface area (Å²) in [6, 6.07) is 15.3. The number of piperidine rings is 2. The van der Waals surface area contributed by atoms with Gasteiger partial charge in [-0.15, -0.1) is 10.2 Å². The van der Waals surface area contributed by atoms with Crippen LogP contribution in [0.4, 0.5) is 27.5 Å². The Morgan fingerprint density at radius 2 is 1.59 bits per heavy atom. The lowest BCUT2D eigenvalue weighted by atomic mass is 9.79. The van der Waals surface area contributed by atoms with Gasteiger partial charge in [0, 0.05) is 61.0 Å². The number of nitrogens with one attached hydrogen (secondary N) is 1. The first-order valence-corrected chi connectivity index (χ1v) is 21.4. The molecule has 10 rings (SSSR count). The predicted molar refractivity (Wildman–Crippen MR) is 221 cm³/mol. The number of anilines is 4. The molecule has 0 unspecified atom stereocenters. The number of amides is 2. The van der Waals surface area contributed by atoms with E-state index in [1.54, 1.807) is 18.2 Å². The van der Waals surface area contributed by atoms with Gasteiger partial charge in [-0.1, -0.05) is 18.2 Å². The molecule has 3 atom stereocenters. The summed E-state index contributed by atoms with van der Waals surface area (Å²) in [5.41, 5.74) is 11.1. The van der Waals surface area contributed by atoms with Gasteiger partial charge >= 0.3 is 0 Å². The summed E-state index contributed by atoms with van der Waals surface area (Å²) in [5.74, 6) is 1.28. The lowest BCUT2D eigenvalue weighted by Crippen LogP contribution is -2.54. The zero-order valence-corrected chi connectivity index (χ0v) is 33.2. The minimum absolute atomic E-state index is 0.192. The van der Waals surface area contributed by atoms with Gasteiger partial charge in [-0.25, -0.2) is 14.4 Å². The third-order valence-electron chi connectivity index (χ3n) is 13.9. The van der Waals surface area contributed by atoms with E-state index in [2.05, 4.69) is 59.4 Å². The minimum Gasteiger partial charge on any atom is -0.504 e. The van der Waals surface area contributed by atoms with Crippen molar-refractivity contribution in [3.63, 3.8) is 0 Å². The molecule has 15 heteroatoms. The molecule has 4 saturated heterocycles. The number of carbonyl (C=O) groups excluding carboxylic acids is 2. The van der Waals surface area contributed by atoms with Crippen LogP contribution < -0.4 is 30.5 Å². The molecule has 4 N–H and O–H groups in total. The topological polar surface area (TPSA) is 166 Å². The summed E-state index contributed by atoms with van der Waals surface area (Å²) < 4.78 is 20.5. The molecule has 1 saturated carbocycles. The summed E-state index contributed by atoms with van der Waals surface area (Å²) in [4.78, 5) is 44.1. The van der Waals surface area contributed by atoms with Crippen LogP contribution in [0.3, 0.4) is 0 Å². The first kappa shape index (κ1) is 37.7. The van der Waals surface area contributed by atoms with Gasteiger partial charge in [0.05, 0.1) is 23.6 Å². The predicted octanol–water partition coefficient (Wildman–Crippen LogP) is 5.13. The number of likely N-dealkylation sites (tertiary alicyclic amines) is 1. The number of carbonyl (C=O) groups is 2. The number of hydrogen-bond acceptors (Lipinski definition) is 13. The number of aromatic hydroxyl groups is 1. The van der Waals surface area contributed by atoms with Gasteiger partial charge in [0.1, 0.15) is 18.4 Å². The Morgan fingerprint density at radius 3 is 2.37 bits per heavy atom. The molecule has 14 nitrogen and oxygen atoms in total. The van der Waals surface area contributed by atoms with E-state index in [0.29, 0.717) is 55.4 Å². The van der Waals surface area contributed by atoms with Crippen molar-refractivity contribution in [3.05, 3.63) is 71.8 Å². The van der Waals surface area contributed by atoms with Crippen LogP contribution in [0.25, 0.3) is 11.3 Å². The second-order valence-corrected chi connectivity index (χ2v) is 17.1. The Hall–Kier alpha value is -5.57. The van der Waals surface area contributed by atoms with Gasteiger partial charge in [-0.2, -0.15) is 0 Å². The average Bonchev–Trinajstić information content (AvgIpc) is 3.53. The molecule has 1 aliphatic carbocycles. The van der Waals surface area contributed by atoms with Crippen LogP contribution in [-0.4, -0.2) is 105 Å². The van der Waals surface area contributed by atoms with Crippen LogP contribution in [-0.2, 0) is 9.59 Å². The molecule has 5 fully saturated rings. The second kappa shape index (κ2) is 15.6. The fourth-order valence-corrected chi connectivity index (χ4v) is 10.9. The molecule has 2 aromatic carbocycles. The number of nitrogens with zero attached hydrogens (tertiary/aromatic N) is 8. The number of phenolic OH excluding ortho intramolecular Hbond substituents is 1. The Bertz CT molecular complexity index is 2230. The molecule has 2 bridgehead atoms. The number of benzene rings is 2. The van der Waals surface area contributed by atoms with E-state index in [1.165, 1.54) is 11.6 Å². The standard InChI is InChI=1S/C44H51FN10O4/c45-33-5-1-4-32(40(33)57)35-23-38(42(46)51-50-35)53-24-29-11-12-30(25-53)55(29)44-47-18-15-34(48-44)27-16-19-52(20-17-27)28-9-7-26(8-10-28)31-3-2-6-36-41(31)59-22-21-54(36)37-13-14-39(56)49-43(37)58/h1-6,15,18,23,26-30,37,57H,7-14,16-17,19-22,24-25H2,(H2,46,51)(H,49,56,58)/t26?,28?,29-,30+,37-/m1/s1. The number of nitrogens with two attached hydrogens (primary N) is 1. The summed E-state index contributed by atoms with van der Waals surface area (Å²) >= 11 is 0. The monoisotopic (exact) mass is 802 g/mol. The van der Waals surface area contributed by atoms with E-state index >= 15 is 0 Å². The molecular weight excluding hydrogens is 752 g/mol. The normalized spacial score (nSPS) is 26.4. The minimum atomic E-state index is -0.706. The molecule has 2 amide bonds. The van der Waals surface area contributed by atoms with E-state index in [4.69, 9.17) is 20.4 Å². The average molecular weight is 803 g/mol. The number of halogens is 1. The first-order chi connectivity index (χ1) is 28.8. The number of para-hydroxylation sites is 2. The van der Waals surface area contributed by atoms with Crippen molar-refractivity contribution in [2.24, 2.45) is 0 Å². The van der Waals surface area contributed by atoms with Crippen molar-refractivity contribution in [1.29, 1.82) is 0 Å². The number of imide groups is 1. The van der Waals surface area contributed by atoms with Gasteiger partial charge in [-0.3, -0.25) is 14.9 Å². The Balaban J connectivity index is 0.754. The number of aromatic nitrogens is 4. The summed E-state index contributed by atoms with van der Waals surface area (Å²) in [5, 5.41) is 21.2. The van der Waals surface area contributed by atoms with Crippen LogP contribution in [0.15, 0.2) is 54.7 Å². The van der Waals surface area contributed by atoms with Crippen LogP contribution in [0.1, 0.15) is 87.3 Å². The van der Waals surface area contributed by atoms with E-state index in [1.807, 2.05) is 6.20 Å². The third-order valence-corrected chi connectivity index (χ3v) is 13.9. The van der Waals surface area contributed by atoms with Crippen LogP contribution >= 0.6 is 0 Å². The van der Waals surface area contributed by atoms with E-state index in [9.17, 15) is 19.1 Å². The highest BCUT2D eigenvalue weighted by molar-refractivity contribution is 6.02. The Kier molecular flexibility index (Phi) is 9.93. The summed E-state index contributed by atoms with van der Waals surface area (Å²) in [6.45, 7) is 4.73. The molecule has 4 aromatic rings. The van der Waals surface area contributed by atoms with Gasteiger partial charge < -0.3 is 35.2 Å². The van der Waals surface area contributed by atoms with E-state index in [-0.39, 0.29) is 35.5 Å². The molecule has 308 valence electrons. The van der Waals surface area contributed by atoms with Gasteiger partial charge in [0.2, 0.25) is 17.8 Å². The Labute approximate surface area is 342 Å². The maximum Gasteiger partial charge on any atom is 0.249 e. The van der Waals surface area contributed by atoms with Gasteiger partial charge in [0.25, 0.3) is 0 Å². The molecule has 0 radical (unpaired) electrons. The second-order valence-electron chi connectivity index (χ2n) is 17.1. The molecule has 6 aliphatic rings. The molecule has 59 heavy (non-hydrogen) atoms. The van der Waals surface area contributed by atoms with Crippen LogP contribution in [0, 0.1) is 5.82 Å². The smallest absolute Gasteiger partial charge is 0.249 e. The van der Waals surface area contributed by atoms with E-state index in [0.717, 1.165) is 106 Å². The first-order valence-electron chi connectivity index (χ1n) is 21.4. The molecule has 0 spiro atoms. The zero-order valence-electron chi connectivity index (χ0n) is 33.2. The highest BCUT2D eigenvalue weighted by Crippen LogP contribution is 2.46. The highest BCUT2D eigenvalue weighted by Gasteiger charge is 2.43. The zero-order chi connectivity index (χ0) is 40.2. The Morgan fingerprint density at radius 1 is 0.831 bits per heavy atom. The summed E-state index contributed by atoms with van der Waals surface area (Å²) in [6.07, 6.45) is 11.5. The van der Waals surface area contributed by atoms with Crippen LogP contribution in [0.2, 0.25) is 0 Å². The number of hydrogen-bond donors (Lipinski definition) is 3. The number of phenols is 1. The summed E-state index contributed by atoms with van der Waals surface area (Å²) in [7, 11) is 0.